The van der Waals surface area contributed by atoms with E-state index in [1.165, 1.54) is 4.90 Å². The highest BCUT2D eigenvalue weighted by atomic mass is 16.4. The number of carbonyl (C=O) groups is 2. The summed E-state index contributed by atoms with van der Waals surface area (Å²) in [5, 5.41) is 10.8. The van der Waals surface area contributed by atoms with Crippen molar-refractivity contribution in [2.45, 2.75) is 37.1 Å². The van der Waals surface area contributed by atoms with E-state index in [1.807, 2.05) is 30.3 Å². The topological polar surface area (TPSA) is 114 Å². The van der Waals surface area contributed by atoms with Crippen LogP contribution in [0.1, 0.15) is 47.1 Å². The van der Waals surface area contributed by atoms with Crippen LogP contribution < -0.4 is 10.2 Å². The molecule has 2 aliphatic rings. The van der Waals surface area contributed by atoms with Crippen molar-refractivity contribution in [2.24, 2.45) is 0 Å². The number of aryl methyl sites for hydroxylation is 1. The summed E-state index contributed by atoms with van der Waals surface area (Å²) in [7, 11) is 1.63. The van der Waals surface area contributed by atoms with Gasteiger partial charge in [-0.3, -0.25) is 19.5 Å². The summed E-state index contributed by atoms with van der Waals surface area (Å²) in [4.78, 5) is 35.5. The fourth-order valence-electron chi connectivity index (χ4n) is 3.93. The van der Waals surface area contributed by atoms with E-state index in [2.05, 4.69) is 25.5 Å². The zero-order chi connectivity index (χ0) is 20.7. The second kappa shape index (κ2) is 7.01. The summed E-state index contributed by atoms with van der Waals surface area (Å²) < 4.78 is 5.74. The Labute approximate surface area is 172 Å². The molecule has 3 heterocycles. The number of hydrogen-bond donors (Lipinski definition) is 1. The van der Waals surface area contributed by atoms with E-state index in [4.69, 9.17) is 4.42 Å². The number of likely N-dealkylation sites (N-methyl/N-ethyl adjacent to an activating group) is 1. The lowest BCUT2D eigenvalue weighted by Gasteiger charge is -2.20. The van der Waals surface area contributed by atoms with Crippen LogP contribution in [0.25, 0.3) is 0 Å². The van der Waals surface area contributed by atoms with Gasteiger partial charge in [-0.2, -0.15) is 0 Å². The predicted octanol–water partition coefficient (Wildman–Crippen LogP) is 1.65. The van der Waals surface area contributed by atoms with Gasteiger partial charge in [0, 0.05) is 19.4 Å². The van der Waals surface area contributed by atoms with Crippen molar-refractivity contribution in [3.05, 3.63) is 65.8 Å². The Morgan fingerprint density at radius 2 is 1.93 bits per heavy atom. The van der Waals surface area contributed by atoms with Gasteiger partial charge in [-0.1, -0.05) is 30.3 Å². The van der Waals surface area contributed by atoms with Gasteiger partial charge in [0.1, 0.15) is 6.04 Å². The number of amides is 2. The highest BCUT2D eigenvalue weighted by Gasteiger charge is 2.51. The first kappa shape index (κ1) is 18.4. The molecule has 0 spiro atoms. The number of carbonyl (C=O) groups excluding carboxylic acids is 2. The van der Waals surface area contributed by atoms with Crippen LogP contribution in [-0.2, 0) is 16.6 Å². The van der Waals surface area contributed by atoms with Crippen molar-refractivity contribution < 1.29 is 14.0 Å². The Balaban J connectivity index is 1.33. The first-order valence-corrected chi connectivity index (χ1v) is 9.86. The third-order valence-corrected chi connectivity index (χ3v) is 5.78. The Hall–Kier alpha value is -3.62. The number of benzene rings is 1. The van der Waals surface area contributed by atoms with E-state index < -0.39 is 11.9 Å². The number of aromatic nitrogens is 4. The Morgan fingerprint density at radius 1 is 1.17 bits per heavy atom. The SMILES string of the molecule is CN1C(=O)[C@@H](NC(=O)c2nnc(C3(c4ccccc4)CC3)o2)CCc2nccnc21. The van der Waals surface area contributed by atoms with Crippen LogP contribution in [0.5, 0.6) is 0 Å². The zero-order valence-corrected chi connectivity index (χ0v) is 16.4. The Kier molecular flexibility index (Phi) is 4.30. The van der Waals surface area contributed by atoms with Gasteiger partial charge >= 0.3 is 11.8 Å². The van der Waals surface area contributed by atoms with Gasteiger partial charge in [0.05, 0.1) is 11.1 Å². The second-order valence-electron chi connectivity index (χ2n) is 7.65. The first-order valence-electron chi connectivity index (χ1n) is 9.86. The second-order valence-corrected chi connectivity index (χ2v) is 7.65. The number of fused-ring (bicyclic) bond motifs is 1. The summed E-state index contributed by atoms with van der Waals surface area (Å²) in [6, 6.07) is 9.21. The van der Waals surface area contributed by atoms with E-state index in [0.717, 1.165) is 24.1 Å². The molecule has 0 radical (unpaired) electrons. The molecule has 1 aliphatic heterocycles. The maximum atomic E-state index is 12.8. The molecule has 9 nitrogen and oxygen atoms in total. The van der Waals surface area contributed by atoms with Crippen LogP contribution in [0.3, 0.4) is 0 Å². The molecule has 0 unspecified atom stereocenters. The summed E-state index contributed by atoms with van der Waals surface area (Å²) >= 11 is 0. The van der Waals surface area contributed by atoms with Crippen LogP contribution in [0.2, 0.25) is 0 Å². The van der Waals surface area contributed by atoms with Gasteiger partial charge in [-0.25, -0.2) is 4.98 Å². The molecule has 1 aromatic carbocycles. The number of anilines is 1. The van der Waals surface area contributed by atoms with Gasteiger partial charge in [0.25, 0.3) is 5.91 Å². The molecule has 5 rings (SSSR count). The van der Waals surface area contributed by atoms with E-state index >= 15 is 0 Å². The van der Waals surface area contributed by atoms with Gasteiger partial charge in [0.2, 0.25) is 5.89 Å². The maximum absolute atomic E-state index is 12.8. The first-order chi connectivity index (χ1) is 14.6. The molecular formula is C21H20N6O3. The molecule has 152 valence electrons. The molecule has 1 atom stereocenters. The Morgan fingerprint density at radius 3 is 2.70 bits per heavy atom. The Bertz CT molecular complexity index is 1110. The predicted molar refractivity (Wildman–Crippen MR) is 106 cm³/mol. The summed E-state index contributed by atoms with van der Waals surface area (Å²) in [6.45, 7) is 0. The highest BCUT2D eigenvalue weighted by molar-refractivity contribution is 6.01. The number of nitrogens with zero attached hydrogens (tertiary/aromatic N) is 5. The van der Waals surface area contributed by atoms with Gasteiger partial charge in [-0.05, 0) is 31.2 Å². The van der Waals surface area contributed by atoms with Gasteiger partial charge in [0.15, 0.2) is 5.82 Å². The quantitative estimate of drug-likeness (QED) is 0.703. The molecule has 2 aromatic heterocycles. The third kappa shape index (κ3) is 3.02. The average Bonchev–Trinajstić information content (AvgIpc) is 3.47. The lowest BCUT2D eigenvalue weighted by Crippen LogP contribution is -2.47. The number of rotatable bonds is 4. The molecule has 3 aromatic rings. The van der Waals surface area contributed by atoms with Crippen molar-refractivity contribution in [2.75, 3.05) is 11.9 Å². The number of nitrogens with one attached hydrogen (secondary N) is 1. The standard InChI is InChI=1S/C21H20N6O3/c1-27-16-14(22-11-12-23-16)7-8-15(19(27)29)24-17(28)18-25-26-20(30-18)21(9-10-21)13-5-3-2-4-6-13/h2-6,11-12,15H,7-10H2,1H3,(H,24,28)/t15-/m0/s1. The van der Waals surface area contributed by atoms with Crippen LogP contribution >= 0.6 is 0 Å². The summed E-state index contributed by atoms with van der Waals surface area (Å²) in [6.07, 6.45) is 5.86. The minimum atomic E-state index is -0.724. The molecule has 1 N–H and O–H groups in total. The lowest BCUT2D eigenvalue weighted by molar-refractivity contribution is -0.120. The third-order valence-electron chi connectivity index (χ3n) is 5.78. The fraction of sp³-hybridized carbons (Fsp3) is 0.333. The molecule has 1 fully saturated rings. The molecule has 2 amide bonds. The van der Waals surface area contributed by atoms with E-state index in [0.29, 0.717) is 24.6 Å². The van der Waals surface area contributed by atoms with E-state index in [-0.39, 0.29) is 17.2 Å². The molecule has 1 saturated carbocycles. The van der Waals surface area contributed by atoms with Crippen molar-refractivity contribution in [3.63, 3.8) is 0 Å². The van der Waals surface area contributed by atoms with E-state index in [1.54, 1.807) is 19.4 Å². The summed E-state index contributed by atoms with van der Waals surface area (Å²) in [5.74, 6) is -0.0102. The van der Waals surface area contributed by atoms with Crippen molar-refractivity contribution in [1.82, 2.24) is 25.5 Å². The molecule has 0 saturated heterocycles. The smallest absolute Gasteiger partial charge is 0.309 e. The van der Waals surface area contributed by atoms with Gasteiger partial charge in [-0.15, -0.1) is 10.2 Å². The van der Waals surface area contributed by atoms with Crippen LogP contribution in [0, 0.1) is 0 Å². The van der Waals surface area contributed by atoms with Crippen LogP contribution in [-0.4, -0.2) is 45.1 Å². The minimum absolute atomic E-state index is 0.138. The number of hydrogen-bond acceptors (Lipinski definition) is 7. The van der Waals surface area contributed by atoms with E-state index in [9.17, 15) is 9.59 Å². The van der Waals surface area contributed by atoms with Crippen LogP contribution in [0.15, 0.2) is 47.1 Å². The largest absolute Gasteiger partial charge is 0.416 e. The molecule has 30 heavy (non-hydrogen) atoms. The molecular weight excluding hydrogens is 384 g/mol. The summed E-state index contributed by atoms with van der Waals surface area (Å²) in [5.41, 5.74) is 1.51. The maximum Gasteiger partial charge on any atom is 0.309 e. The normalized spacial score (nSPS) is 19.7. The molecule has 1 aliphatic carbocycles. The monoisotopic (exact) mass is 404 g/mol. The van der Waals surface area contributed by atoms with Gasteiger partial charge < -0.3 is 9.73 Å². The fourth-order valence-corrected chi connectivity index (χ4v) is 3.93. The minimum Gasteiger partial charge on any atom is -0.416 e. The van der Waals surface area contributed by atoms with Crippen molar-refractivity contribution in [3.8, 4) is 0 Å². The molecule has 0 bridgehead atoms. The highest BCUT2D eigenvalue weighted by Crippen LogP contribution is 2.52. The lowest BCUT2D eigenvalue weighted by atomic mass is 9.96. The van der Waals surface area contributed by atoms with Crippen LogP contribution in [0.4, 0.5) is 5.82 Å². The van der Waals surface area contributed by atoms with Crippen molar-refractivity contribution >= 4 is 17.6 Å². The molecule has 9 heteroatoms. The average molecular weight is 404 g/mol. The van der Waals surface area contributed by atoms with Crippen molar-refractivity contribution in [1.29, 1.82) is 0 Å². The zero-order valence-electron chi connectivity index (χ0n) is 16.4.